The molecule has 5 heteroatoms. The molecule has 5 rings (SSSR count). The zero-order valence-electron chi connectivity index (χ0n) is 18.4. The van der Waals surface area contributed by atoms with Crippen LogP contribution < -0.4 is 5.32 Å². The van der Waals surface area contributed by atoms with Crippen molar-refractivity contribution in [2.75, 3.05) is 18.4 Å². The van der Waals surface area contributed by atoms with Crippen LogP contribution in [0.15, 0.2) is 52.9 Å². The fourth-order valence-corrected chi connectivity index (χ4v) is 5.36. The van der Waals surface area contributed by atoms with Crippen LogP contribution >= 0.6 is 0 Å². The number of nitrogens with one attached hydrogen (secondary N) is 1. The van der Waals surface area contributed by atoms with Crippen molar-refractivity contribution in [2.45, 2.75) is 51.5 Å². The third kappa shape index (κ3) is 4.16. The third-order valence-corrected chi connectivity index (χ3v) is 7.29. The average Bonchev–Trinajstić information content (AvgIpc) is 3.25. The van der Waals surface area contributed by atoms with Crippen LogP contribution in [-0.4, -0.2) is 23.9 Å². The molecule has 3 aromatic rings. The molecule has 1 aromatic heterocycles. The molecule has 164 valence electrons. The molecule has 2 aliphatic rings. The van der Waals surface area contributed by atoms with Crippen molar-refractivity contribution in [3.63, 3.8) is 0 Å². The van der Waals surface area contributed by atoms with Crippen molar-refractivity contribution in [3.8, 4) is 6.07 Å². The summed E-state index contributed by atoms with van der Waals surface area (Å²) in [4.78, 5) is 15.9. The average molecular weight is 428 g/mol. The highest BCUT2D eigenvalue weighted by Crippen LogP contribution is 2.41. The Hall–Kier alpha value is -3.10. The first kappa shape index (κ1) is 20.8. The molecular formula is C27H29N3O2. The predicted octanol–water partition coefficient (Wildman–Crippen LogP) is 5.64. The molecule has 0 saturated heterocycles. The summed E-state index contributed by atoms with van der Waals surface area (Å²) in [6, 6.07) is 18.0. The summed E-state index contributed by atoms with van der Waals surface area (Å²) < 4.78 is 5.86. The highest BCUT2D eigenvalue weighted by molar-refractivity contribution is 5.96. The summed E-state index contributed by atoms with van der Waals surface area (Å²) in [5.41, 5.74) is 3.77. The molecule has 1 N–H and O–H groups in total. The maximum Gasteiger partial charge on any atom is 0.232 e. The van der Waals surface area contributed by atoms with Gasteiger partial charge < -0.3 is 4.42 Å². The number of hydrogen-bond donors (Lipinski definition) is 1. The Morgan fingerprint density at radius 1 is 1.09 bits per heavy atom. The first-order valence-electron chi connectivity index (χ1n) is 11.7. The lowest BCUT2D eigenvalue weighted by Gasteiger charge is -2.38. The number of benzene rings is 2. The molecule has 1 aliphatic heterocycles. The van der Waals surface area contributed by atoms with Gasteiger partial charge >= 0.3 is 0 Å². The molecule has 2 aromatic carbocycles. The summed E-state index contributed by atoms with van der Waals surface area (Å²) >= 11 is 0. The fourth-order valence-electron chi connectivity index (χ4n) is 5.36. The van der Waals surface area contributed by atoms with Crippen molar-refractivity contribution in [1.82, 2.24) is 4.90 Å². The molecule has 1 fully saturated rings. The van der Waals surface area contributed by atoms with Gasteiger partial charge in [0.1, 0.15) is 5.58 Å². The van der Waals surface area contributed by atoms with Crippen LogP contribution in [0.4, 0.5) is 5.88 Å². The molecule has 32 heavy (non-hydrogen) atoms. The van der Waals surface area contributed by atoms with Crippen molar-refractivity contribution >= 4 is 22.8 Å². The number of carbonyl (C=O) groups excluding carboxylic acids is 1. The Labute approximate surface area is 189 Å². The Bertz CT molecular complexity index is 1130. The third-order valence-electron chi connectivity index (χ3n) is 7.29. The Morgan fingerprint density at radius 2 is 1.94 bits per heavy atom. The normalized spacial score (nSPS) is 18.1. The minimum absolute atomic E-state index is 0.0976. The van der Waals surface area contributed by atoms with Crippen molar-refractivity contribution in [3.05, 3.63) is 65.2 Å². The van der Waals surface area contributed by atoms with E-state index in [9.17, 15) is 10.1 Å². The standard InChI is InChI=1S/C27H29N3O2/c28-18-20-8-9-21-10-14-30(19-23(21)16-20)15-13-27(11-4-1-5-12-27)26(31)29-25-17-22-6-2-3-7-24(22)32-25/h2-3,6-9,16-17H,1,4-5,10-15,19H2,(H,29,31). The number of anilines is 1. The Balaban J connectivity index is 1.28. The number of rotatable bonds is 5. The molecule has 0 bridgehead atoms. The van der Waals surface area contributed by atoms with Gasteiger partial charge in [-0.3, -0.25) is 15.0 Å². The lowest BCUT2D eigenvalue weighted by Crippen LogP contribution is -2.42. The van der Waals surface area contributed by atoms with E-state index in [0.717, 1.165) is 74.7 Å². The largest absolute Gasteiger partial charge is 0.440 e. The summed E-state index contributed by atoms with van der Waals surface area (Å²) in [5.74, 6) is 0.637. The molecule has 0 radical (unpaired) electrons. The van der Waals surface area contributed by atoms with Gasteiger partial charge in [0.25, 0.3) is 0 Å². The minimum atomic E-state index is -0.341. The second-order valence-electron chi connectivity index (χ2n) is 9.32. The van der Waals surface area contributed by atoms with Gasteiger partial charge in [0.15, 0.2) is 0 Å². The number of fused-ring (bicyclic) bond motifs is 2. The summed E-state index contributed by atoms with van der Waals surface area (Å²) in [6.07, 6.45) is 7.12. The first-order valence-corrected chi connectivity index (χ1v) is 11.7. The SMILES string of the molecule is N#Cc1ccc2c(c1)CN(CCC1(C(=O)Nc3cc4ccccc4o3)CCCCC1)CC2. The van der Waals surface area contributed by atoms with Gasteiger partial charge in [0.2, 0.25) is 11.8 Å². The van der Waals surface area contributed by atoms with Crippen molar-refractivity contribution < 1.29 is 9.21 Å². The van der Waals surface area contributed by atoms with E-state index in [1.54, 1.807) is 0 Å². The summed E-state index contributed by atoms with van der Waals surface area (Å²) in [5, 5.41) is 13.3. The van der Waals surface area contributed by atoms with Crippen LogP contribution in [0.25, 0.3) is 11.0 Å². The zero-order chi connectivity index (χ0) is 22.0. The van der Waals surface area contributed by atoms with Gasteiger partial charge in [0.05, 0.1) is 17.0 Å². The van der Waals surface area contributed by atoms with Gasteiger partial charge in [-0.2, -0.15) is 5.26 Å². The molecule has 1 aliphatic carbocycles. The fraction of sp³-hybridized carbons (Fsp3) is 0.407. The molecular weight excluding hydrogens is 398 g/mol. The van der Waals surface area contributed by atoms with E-state index in [0.29, 0.717) is 5.88 Å². The molecule has 0 spiro atoms. The second-order valence-corrected chi connectivity index (χ2v) is 9.32. The molecule has 1 amide bonds. The number of hydrogen-bond acceptors (Lipinski definition) is 4. The Morgan fingerprint density at radius 3 is 2.75 bits per heavy atom. The lowest BCUT2D eigenvalue weighted by molar-refractivity contribution is -0.128. The Kier molecular flexibility index (Phi) is 5.71. The molecule has 1 saturated carbocycles. The van der Waals surface area contributed by atoms with E-state index < -0.39 is 0 Å². The number of furan rings is 1. The second kappa shape index (κ2) is 8.80. The maximum absolute atomic E-state index is 13.5. The van der Waals surface area contributed by atoms with E-state index >= 15 is 0 Å². The molecule has 2 heterocycles. The van der Waals surface area contributed by atoms with Gasteiger partial charge in [-0.25, -0.2) is 0 Å². The van der Waals surface area contributed by atoms with Gasteiger partial charge in [-0.15, -0.1) is 0 Å². The number of para-hydroxylation sites is 1. The summed E-state index contributed by atoms with van der Waals surface area (Å²) in [7, 11) is 0. The number of amides is 1. The van der Waals surface area contributed by atoms with E-state index in [1.807, 2.05) is 42.5 Å². The molecule has 0 unspecified atom stereocenters. The van der Waals surface area contributed by atoms with Gasteiger partial charge in [0, 0.05) is 24.5 Å². The molecule has 5 nitrogen and oxygen atoms in total. The van der Waals surface area contributed by atoms with Crippen molar-refractivity contribution in [1.29, 1.82) is 5.26 Å². The number of carbonyl (C=O) groups is 1. The summed E-state index contributed by atoms with van der Waals surface area (Å²) in [6.45, 7) is 2.75. The highest BCUT2D eigenvalue weighted by atomic mass is 16.4. The predicted molar refractivity (Wildman–Crippen MR) is 125 cm³/mol. The number of nitrogens with zero attached hydrogens (tertiary/aromatic N) is 2. The minimum Gasteiger partial charge on any atom is -0.440 e. The van der Waals surface area contributed by atoms with Crippen LogP contribution in [0, 0.1) is 16.7 Å². The molecule has 0 atom stereocenters. The van der Waals surface area contributed by atoms with Gasteiger partial charge in [-0.1, -0.05) is 43.5 Å². The van der Waals surface area contributed by atoms with E-state index in [-0.39, 0.29) is 11.3 Å². The first-order chi connectivity index (χ1) is 15.6. The van der Waals surface area contributed by atoms with Crippen LogP contribution in [-0.2, 0) is 17.8 Å². The smallest absolute Gasteiger partial charge is 0.232 e. The van der Waals surface area contributed by atoms with Gasteiger partial charge in [-0.05, 0) is 61.6 Å². The van der Waals surface area contributed by atoms with Crippen LogP contribution in [0.2, 0.25) is 0 Å². The van der Waals surface area contributed by atoms with E-state index in [1.165, 1.54) is 17.5 Å². The van der Waals surface area contributed by atoms with E-state index in [2.05, 4.69) is 22.4 Å². The van der Waals surface area contributed by atoms with Crippen molar-refractivity contribution in [2.24, 2.45) is 5.41 Å². The maximum atomic E-state index is 13.5. The van der Waals surface area contributed by atoms with Crippen LogP contribution in [0.1, 0.15) is 55.2 Å². The topological polar surface area (TPSA) is 69.3 Å². The monoisotopic (exact) mass is 427 g/mol. The zero-order valence-corrected chi connectivity index (χ0v) is 18.4. The van der Waals surface area contributed by atoms with Crippen LogP contribution in [0.3, 0.4) is 0 Å². The lowest BCUT2D eigenvalue weighted by atomic mass is 9.71. The number of nitriles is 1. The highest BCUT2D eigenvalue weighted by Gasteiger charge is 2.40. The van der Waals surface area contributed by atoms with Crippen LogP contribution in [0.5, 0.6) is 0 Å². The van der Waals surface area contributed by atoms with E-state index in [4.69, 9.17) is 4.42 Å². The quantitative estimate of drug-likeness (QED) is 0.572.